The molecule has 1 N–H and O–H groups in total. The minimum absolute atomic E-state index is 0.0371. The molecule has 0 aromatic heterocycles. The molecule has 2 amide bonds. The van der Waals surface area contributed by atoms with Gasteiger partial charge in [0.05, 0.1) is 17.0 Å². The van der Waals surface area contributed by atoms with Gasteiger partial charge in [0.2, 0.25) is 21.8 Å². The molecule has 1 atom stereocenters. The molecule has 0 heterocycles. The summed E-state index contributed by atoms with van der Waals surface area (Å²) in [5, 5.41) is 3.45. The standard InChI is InChI=1S/C25H33Cl2N3O4S/c1-17(2)28-25(32)19(4)29(16-20-10-7-6-9-18(20)3)24(31)11-8-14-30(35(5,33)34)23-15-21(26)12-13-22(23)27/h6-7,9-10,12-13,15,17,19H,8,11,14,16H2,1-5H3,(H,28,32)/t19-/m0/s1. The van der Waals surface area contributed by atoms with Gasteiger partial charge in [0, 0.05) is 30.6 Å². The van der Waals surface area contributed by atoms with Crippen molar-refractivity contribution < 1.29 is 18.0 Å². The molecule has 0 aliphatic carbocycles. The second-order valence-electron chi connectivity index (χ2n) is 8.82. The van der Waals surface area contributed by atoms with Crippen LogP contribution in [0, 0.1) is 6.92 Å². The first-order chi connectivity index (χ1) is 16.3. The summed E-state index contributed by atoms with van der Waals surface area (Å²) in [4.78, 5) is 27.6. The number of hydrogen-bond acceptors (Lipinski definition) is 4. The fourth-order valence-corrected chi connectivity index (χ4v) is 5.02. The fourth-order valence-electron chi connectivity index (χ4n) is 3.62. The van der Waals surface area contributed by atoms with Gasteiger partial charge in [-0.15, -0.1) is 0 Å². The molecule has 0 aliphatic heterocycles. The maximum absolute atomic E-state index is 13.3. The number of nitrogens with one attached hydrogen (secondary N) is 1. The zero-order chi connectivity index (χ0) is 26.3. The van der Waals surface area contributed by atoms with E-state index in [9.17, 15) is 18.0 Å². The lowest BCUT2D eigenvalue weighted by atomic mass is 10.1. The Labute approximate surface area is 218 Å². The van der Waals surface area contributed by atoms with Crippen LogP contribution >= 0.6 is 23.2 Å². The summed E-state index contributed by atoms with van der Waals surface area (Å²) in [6.07, 6.45) is 1.36. The topological polar surface area (TPSA) is 86.8 Å². The lowest BCUT2D eigenvalue weighted by molar-refractivity contribution is -0.140. The van der Waals surface area contributed by atoms with Gasteiger partial charge in [-0.2, -0.15) is 0 Å². The molecular formula is C25H33Cl2N3O4S. The van der Waals surface area contributed by atoms with Crippen LogP contribution in [0.3, 0.4) is 0 Å². The van der Waals surface area contributed by atoms with Crippen LogP contribution in [-0.4, -0.2) is 50.0 Å². The Balaban J connectivity index is 2.22. The maximum atomic E-state index is 13.3. The Morgan fingerprint density at radius 1 is 1.06 bits per heavy atom. The first-order valence-electron chi connectivity index (χ1n) is 11.4. The van der Waals surface area contributed by atoms with Crippen LogP contribution in [-0.2, 0) is 26.2 Å². The number of rotatable bonds is 11. The molecule has 2 aromatic carbocycles. The van der Waals surface area contributed by atoms with Crippen molar-refractivity contribution >= 4 is 50.7 Å². The molecule has 0 saturated carbocycles. The predicted molar refractivity (Wildman–Crippen MR) is 142 cm³/mol. The van der Waals surface area contributed by atoms with E-state index < -0.39 is 16.1 Å². The number of nitrogens with zero attached hydrogens (tertiary/aromatic N) is 2. The van der Waals surface area contributed by atoms with Crippen molar-refractivity contribution in [1.29, 1.82) is 0 Å². The first kappa shape index (κ1) is 28.9. The SMILES string of the molecule is Cc1ccccc1CN(C(=O)CCCN(c1cc(Cl)ccc1Cl)S(C)(=O)=O)[C@@H](C)C(=O)NC(C)C. The Morgan fingerprint density at radius 3 is 2.31 bits per heavy atom. The molecule has 7 nitrogen and oxygen atoms in total. The van der Waals surface area contributed by atoms with E-state index in [4.69, 9.17) is 23.2 Å². The zero-order valence-electron chi connectivity index (χ0n) is 20.7. The van der Waals surface area contributed by atoms with Crippen molar-refractivity contribution in [3.8, 4) is 0 Å². The lowest BCUT2D eigenvalue weighted by Gasteiger charge is -2.30. The Kier molecular flexibility index (Phi) is 10.4. The number of benzene rings is 2. The van der Waals surface area contributed by atoms with Gasteiger partial charge in [0.25, 0.3) is 0 Å². The second kappa shape index (κ2) is 12.6. The van der Waals surface area contributed by atoms with Crippen LogP contribution in [0.5, 0.6) is 0 Å². The average Bonchev–Trinajstić information content (AvgIpc) is 2.76. The first-order valence-corrected chi connectivity index (χ1v) is 14.0. The van der Waals surface area contributed by atoms with Crippen LogP contribution in [0.4, 0.5) is 5.69 Å². The molecule has 10 heteroatoms. The summed E-state index contributed by atoms with van der Waals surface area (Å²) in [6.45, 7) is 7.68. The van der Waals surface area contributed by atoms with Gasteiger partial charge in [0.15, 0.2) is 0 Å². The lowest BCUT2D eigenvalue weighted by Crippen LogP contribution is -2.49. The second-order valence-corrected chi connectivity index (χ2v) is 11.6. The number of sulfonamides is 1. The van der Waals surface area contributed by atoms with E-state index in [-0.39, 0.29) is 54.5 Å². The van der Waals surface area contributed by atoms with E-state index in [0.717, 1.165) is 21.7 Å². The number of carbonyl (C=O) groups excluding carboxylic acids is 2. The predicted octanol–water partition coefficient (Wildman–Crippen LogP) is 4.79. The summed E-state index contributed by atoms with van der Waals surface area (Å²) in [5.74, 6) is -0.490. The van der Waals surface area contributed by atoms with Crippen LogP contribution < -0.4 is 9.62 Å². The zero-order valence-corrected chi connectivity index (χ0v) is 23.0. The molecular weight excluding hydrogens is 509 g/mol. The van der Waals surface area contributed by atoms with Gasteiger partial charge >= 0.3 is 0 Å². The normalized spacial score (nSPS) is 12.3. The maximum Gasteiger partial charge on any atom is 0.242 e. The third kappa shape index (κ3) is 8.40. The van der Waals surface area contributed by atoms with Crippen molar-refractivity contribution in [1.82, 2.24) is 10.2 Å². The number of anilines is 1. The number of hydrogen-bond donors (Lipinski definition) is 1. The summed E-state index contributed by atoms with van der Waals surface area (Å²) in [7, 11) is -3.67. The molecule has 0 spiro atoms. The number of amides is 2. The molecule has 35 heavy (non-hydrogen) atoms. The van der Waals surface area contributed by atoms with E-state index in [1.54, 1.807) is 13.0 Å². The van der Waals surface area contributed by atoms with E-state index in [2.05, 4.69) is 5.32 Å². The molecule has 0 fully saturated rings. The Bertz CT molecular complexity index is 1160. The summed E-state index contributed by atoms with van der Waals surface area (Å²) >= 11 is 12.3. The number of halogens is 2. The van der Waals surface area contributed by atoms with Crippen molar-refractivity contribution in [3.63, 3.8) is 0 Å². The minimum atomic E-state index is -3.67. The van der Waals surface area contributed by atoms with Gasteiger partial charge in [-0.05, 0) is 63.4 Å². The molecule has 0 unspecified atom stereocenters. The monoisotopic (exact) mass is 541 g/mol. The van der Waals surface area contributed by atoms with Crippen molar-refractivity contribution in [2.75, 3.05) is 17.1 Å². The van der Waals surface area contributed by atoms with Gasteiger partial charge in [0.1, 0.15) is 6.04 Å². The molecule has 0 saturated heterocycles. The van der Waals surface area contributed by atoms with Gasteiger partial charge < -0.3 is 10.2 Å². The molecule has 0 aliphatic rings. The Morgan fingerprint density at radius 2 is 1.71 bits per heavy atom. The third-order valence-electron chi connectivity index (χ3n) is 5.53. The number of aryl methyl sites for hydroxylation is 1. The van der Waals surface area contributed by atoms with Crippen molar-refractivity contribution in [2.24, 2.45) is 0 Å². The van der Waals surface area contributed by atoms with Gasteiger partial charge in [-0.1, -0.05) is 47.5 Å². The van der Waals surface area contributed by atoms with Gasteiger partial charge in [-0.3, -0.25) is 13.9 Å². The minimum Gasteiger partial charge on any atom is -0.352 e. The molecule has 192 valence electrons. The molecule has 0 radical (unpaired) electrons. The quantitative estimate of drug-likeness (QED) is 0.443. The molecule has 2 rings (SSSR count). The van der Waals surface area contributed by atoms with E-state index in [0.29, 0.717) is 5.02 Å². The summed E-state index contributed by atoms with van der Waals surface area (Å²) in [5.41, 5.74) is 2.21. The molecule has 0 bridgehead atoms. The largest absolute Gasteiger partial charge is 0.352 e. The average molecular weight is 543 g/mol. The van der Waals surface area contributed by atoms with E-state index in [1.807, 2.05) is 45.0 Å². The highest BCUT2D eigenvalue weighted by molar-refractivity contribution is 7.92. The highest BCUT2D eigenvalue weighted by Gasteiger charge is 2.27. The van der Waals surface area contributed by atoms with Crippen LogP contribution in [0.2, 0.25) is 10.0 Å². The van der Waals surface area contributed by atoms with Crippen LogP contribution in [0.25, 0.3) is 0 Å². The number of carbonyl (C=O) groups is 2. The van der Waals surface area contributed by atoms with E-state index >= 15 is 0 Å². The van der Waals surface area contributed by atoms with Gasteiger partial charge in [-0.25, -0.2) is 8.42 Å². The summed E-state index contributed by atoms with van der Waals surface area (Å²) < 4.78 is 26.1. The van der Waals surface area contributed by atoms with Crippen molar-refractivity contribution in [2.45, 2.75) is 59.2 Å². The van der Waals surface area contributed by atoms with Crippen molar-refractivity contribution in [3.05, 3.63) is 63.6 Å². The van der Waals surface area contributed by atoms with Crippen LogP contribution in [0.1, 0.15) is 44.7 Å². The third-order valence-corrected chi connectivity index (χ3v) is 7.26. The summed E-state index contributed by atoms with van der Waals surface area (Å²) in [6, 6.07) is 11.5. The molecule has 2 aromatic rings. The fraction of sp³-hybridized carbons (Fsp3) is 0.440. The van der Waals surface area contributed by atoms with E-state index in [1.165, 1.54) is 17.0 Å². The van der Waals surface area contributed by atoms with Crippen LogP contribution in [0.15, 0.2) is 42.5 Å². The Hall–Kier alpha value is -2.29. The highest BCUT2D eigenvalue weighted by Crippen LogP contribution is 2.31. The highest BCUT2D eigenvalue weighted by atomic mass is 35.5. The smallest absolute Gasteiger partial charge is 0.242 e.